The normalized spacial score (nSPS) is 19.3. The highest BCUT2D eigenvalue weighted by Crippen LogP contribution is 2.52. The number of likely N-dealkylation sites (tertiary alicyclic amines) is 2. The summed E-state index contributed by atoms with van der Waals surface area (Å²) < 4.78 is 76.5. The second-order valence-electron chi connectivity index (χ2n) is 10.4. The van der Waals surface area contributed by atoms with Crippen LogP contribution in [-0.2, 0) is 10.7 Å². The van der Waals surface area contributed by atoms with Gasteiger partial charge in [-0.05, 0) is 26.0 Å². The number of hydrogen-bond donors (Lipinski definition) is 0. The number of carbonyl (C=O) groups is 2. The Labute approximate surface area is 238 Å². The number of carbonyl (C=O) groups excluding carboxylic acids is 2. The number of thiazole rings is 1. The second-order valence-corrected chi connectivity index (χ2v) is 12.1. The van der Waals surface area contributed by atoms with E-state index < -0.39 is 52.1 Å². The molecule has 2 aliphatic rings. The number of hydrogen-bond acceptors (Lipinski definition) is 7. The predicted molar refractivity (Wildman–Crippen MR) is 133 cm³/mol. The van der Waals surface area contributed by atoms with Gasteiger partial charge in [0, 0.05) is 37.2 Å². The van der Waals surface area contributed by atoms with Crippen LogP contribution in [0.25, 0.3) is 0 Å². The van der Waals surface area contributed by atoms with Crippen molar-refractivity contribution < 1.29 is 36.0 Å². The average molecular weight is 624 g/mol. The molecule has 0 unspecified atom stereocenters. The van der Waals surface area contributed by atoms with Crippen molar-refractivity contribution in [2.24, 2.45) is 10.8 Å². The largest absolute Gasteiger partial charge is 0.419 e. The van der Waals surface area contributed by atoms with Gasteiger partial charge in [0.15, 0.2) is 0 Å². The number of halogens is 7. The molecule has 2 aromatic heterocycles. The molecule has 3 aromatic rings. The van der Waals surface area contributed by atoms with Crippen LogP contribution < -0.4 is 0 Å². The van der Waals surface area contributed by atoms with Crippen molar-refractivity contribution in [1.29, 1.82) is 0 Å². The molecule has 2 saturated heterocycles. The Hall–Kier alpha value is -2.84. The van der Waals surface area contributed by atoms with Crippen LogP contribution in [0, 0.1) is 10.8 Å². The van der Waals surface area contributed by atoms with Crippen molar-refractivity contribution in [3.05, 3.63) is 62.2 Å². The monoisotopic (exact) mass is 623 g/mol. The van der Waals surface area contributed by atoms with E-state index in [0.717, 1.165) is 42.2 Å². The van der Waals surface area contributed by atoms with Crippen molar-refractivity contribution >= 4 is 46.4 Å². The summed E-state index contributed by atoms with van der Waals surface area (Å²) in [6.07, 6.45) is -3.41. The van der Waals surface area contributed by atoms with Crippen LogP contribution >= 0.6 is 34.5 Å². The standard InChI is InChI=1S/C24H20Cl2F5N5O3S/c1-21(2,24(29,30)31)20(38)36-9-22(10-36)8-35(18(37)16-6-32-11-40-16)7-13(22)17-33-34-19(39-17)23(27,28)12-3-4-14(25)15(26)5-12/h3-6,11,13H,7-10H2,1-2H3/t13-/m1/s1. The second kappa shape index (κ2) is 9.62. The Morgan fingerprint density at radius 1 is 1.05 bits per heavy atom. The highest BCUT2D eigenvalue weighted by Gasteiger charge is 2.63. The van der Waals surface area contributed by atoms with Gasteiger partial charge in [0.25, 0.3) is 11.8 Å². The van der Waals surface area contributed by atoms with E-state index in [0.29, 0.717) is 4.88 Å². The van der Waals surface area contributed by atoms with Crippen LogP contribution in [0.3, 0.4) is 0 Å². The zero-order valence-electron chi connectivity index (χ0n) is 20.8. The van der Waals surface area contributed by atoms with Crippen LogP contribution in [0.1, 0.15) is 46.8 Å². The fourth-order valence-corrected chi connectivity index (χ4v) is 5.84. The van der Waals surface area contributed by atoms with E-state index in [9.17, 15) is 22.8 Å². The number of nitrogens with zero attached hydrogens (tertiary/aromatic N) is 5. The minimum absolute atomic E-state index is 0.0333. The van der Waals surface area contributed by atoms with Crippen LogP contribution in [-0.4, -0.2) is 69.2 Å². The quantitative estimate of drug-likeness (QED) is 0.342. The summed E-state index contributed by atoms with van der Waals surface area (Å²) in [4.78, 5) is 32.5. The fourth-order valence-electron chi connectivity index (χ4n) is 4.95. The summed E-state index contributed by atoms with van der Waals surface area (Å²) in [6.45, 7) is 1.25. The van der Waals surface area contributed by atoms with E-state index in [1.54, 1.807) is 0 Å². The van der Waals surface area contributed by atoms with Gasteiger partial charge in [-0.25, -0.2) is 0 Å². The third kappa shape index (κ3) is 4.63. The van der Waals surface area contributed by atoms with Crippen molar-refractivity contribution in [2.75, 3.05) is 26.2 Å². The van der Waals surface area contributed by atoms with Gasteiger partial charge in [0.2, 0.25) is 11.8 Å². The highest BCUT2D eigenvalue weighted by molar-refractivity contribution is 7.11. The fraction of sp³-hybridized carbons (Fsp3) is 0.458. The molecule has 2 amide bonds. The summed E-state index contributed by atoms with van der Waals surface area (Å²) in [5.41, 5.74) is -2.70. The molecule has 5 rings (SSSR count). The van der Waals surface area contributed by atoms with E-state index in [1.807, 2.05) is 0 Å². The minimum atomic E-state index is -4.78. The molecular formula is C24H20Cl2F5N5O3S. The van der Waals surface area contributed by atoms with Crippen molar-refractivity contribution in [1.82, 2.24) is 25.0 Å². The maximum atomic E-state index is 15.3. The molecule has 2 aliphatic heterocycles. The molecule has 0 saturated carbocycles. The lowest BCUT2D eigenvalue weighted by molar-refractivity contribution is -0.222. The summed E-state index contributed by atoms with van der Waals surface area (Å²) in [7, 11) is 0. The van der Waals surface area contributed by atoms with Crippen LogP contribution in [0.4, 0.5) is 22.0 Å². The van der Waals surface area contributed by atoms with Gasteiger partial charge in [-0.1, -0.05) is 29.3 Å². The summed E-state index contributed by atoms with van der Waals surface area (Å²) >= 11 is 12.8. The van der Waals surface area contributed by atoms with Crippen LogP contribution in [0.5, 0.6) is 0 Å². The lowest BCUT2D eigenvalue weighted by atomic mass is 9.70. The molecule has 1 aromatic carbocycles. The molecule has 0 bridgehead atoms. The number of benzene rings is 1. The van der Waals surface area contributed by atoms with E-state index in [-0.39, 0.29) is 42.1 Å². The van der Waals surface area contributed by atoms with Crippen LogP contribution in [0.15, 0.2) is 34.3 Å². The smallest absolute Gasteiger partial charge is 0.402 e. The molecule has 1 spiro atoms. The molecule has 16 heteroatoms. The van der Waals surface area contributed by atoms with E-state index >= 15 is 8.78 Å². The summed E-state index contributed by atoms with van der Waals surface area (Å²) in [6, 6.07) is 3.22. The molecule has 40 heavy (non-hydrogen) atoms. The third-order valence-corrected chi connectivity index (χ3v) is 8.91. The molecule has 0 aliphatic carbocycles. The van der Waals surface area contributed by atoms with Crippen LogP contribution in [0.2, 0.25) is 10.0 Å². The molecule has 214 valence electrons. The Bertz CT molecular complexity index is 1460. The van der Waals surface area contributed by atoms with Gasteiger partial charge in [0.1, 0.15) is 10.3 Å². The van der Waals surface area contributed by atoms with Gasteiger partial charge in [0.05, 0.1) is 27.7 Å². The Morgan fingerprint density at radius 3 is 2.33 bits per heavy atom. The maximum absolute atomic E-state index is 15.3. The highest BCUT2D eigenvalue weighted by atomic mass is 35.5. The summed E-state index contributed by atoms with van der Waals surface area (Å²) in [5, 5.41) is 7.35. The first-order valence-corrected chi connectivity index (χ1v) is 13.4. The molecule has 2 fully saturated rings. The van der Waals surface area contributed by atoms with E-state index in [1.165, 1.54) is 22.7 Å². The Balaban J connectivity index is 1.45. The first-order valence-electron chi connectivity index (χ1n) is 11.8. The zero-order valence-corrected chi connectivity index (χ0v) is 23.1. The summed E-state index contributed by atoms with van der Waals surface area (Å²) in [5.74, 6) is -7.36. The zero-order chi connectivity index (χ0) is 29.3. The lowest BCUT2D eigenvalue weighted by Gasteiger charge is -2.52. The molecule has 0 N–H and O–H groups in total. The molecule has 4 heterocycles. The van der Waals surface area contributed by atoms with Gasteiger partial charge in [-0.15, -0.1) is 21.5 Å². The van der Waals surface area contributed by atoms with Gasteiger partial charge in [-0.3, -0.25) is 14.6 Å². The van der Waals surface area contributed by atoms with Crippen molar-refractivity contribution in [3.8, 4) is 0 Å². The Morgan fingerprint density at radius 2 is 1.73 bits per heavy atom. The maximum Gasteiger partial charge on any atom is 0.402 e. The number of amides is 2. The first kappa shape index (κ1) is 28.7. The van der Waals surface area contributed by atoms with Crippen molar-refractivity contribution in [3.63, 3.8) is 0 Å². The van der Waals surface area contributed by atoms with Gasteiger partial charge < -0.3 is 14.2 Å². The molecule has 1 atom stereocenters. The lowest BCUT2D eigenvalue weighted by Crippen LogP contribution is -2.65. The Kier molecular flexibility index (Phi) is 6.90. The first-order chi connectivity index (χ1) is 18.6. The number of rotatable bonds is 5. The SMILES string of the molecule is CC(C)(C(=O)N1CC2(CN(C(=O)c3cncs3)C[C@@H]2c2nnc(C(F)(F)c3ccc(Cl)c(Cl)c3)o2)C1)C(F)(F)F. The van der Waals surface area contributed by atoms with Gasteiger partial charge in [-0.2, -0.15) is 22.0 Å². The molecule has 0 radical (unpaired) electrons. The molecule has 8 nitrogen and oxygen atoms in total. The van der Waals surface area contributed by atoms with E-state index in [4.69, 9.17) is 27.6 Å². The average Bonchev–Trinajstić information content (AvgIpc) is 3.62. The van der Waals surface area contributed by atoms with Crippen molar-refractivity contribution in [2.45, 2.75) is 31.9 Å². The number of alkyl halides is 5. The molecular weight excluding hydrogens is 604 g/mol. The third-order valence-electron chi connectivity index (χ3n) is 7.41. The predicted octanol–water partition coefficient (Wildman–Crippen LogP) is 5.63. The minimum Gasteiger partial charge on any atom is -0.419 e. The number of aromatic nitrogens is 3. The van der Waals surface area contributed by atoms with E-state index in [2.05, 4.69) is 15.2 Å². The topological polar surface area (TPSA) is 92.4 Å². The van der Waals surface area contributed by atoms with Gasteiger partial charge >= 0.3 is 12.1 Å².